The molecule has 0 spiro atoms. The molecule has 0 saturated carbocycles. The number of unbranched alkanes of at least 4 members (excludes halogenated alkanes) is 28. The summed E-state index contributed by atoms with van der Waals surface area (Å²) in [4.78, 5) is 25.4. The fraction of sp³-hybridized carbons (Fsp3) is 0.968. The molecule has 0 fully saturated rings. The summed E-state index contributed by atoms with van der Waals surface area (Å²) in [6, 6.07) is 0. The Morgan fingerprint density at radius 3 is 0.750 bits per heavy atom. The van der Waals surface area contributed by atoms with E-state index in [1.54, 1.807) is 0 Å². The number of rotatable bonds is 71. The van der Waals surface area contributed by atoms with Crippen molar-refractivity contribution < 1.29 is 66.7 Å². The molecule has 0 aliphatic carbocycles. The largest absolute Gasteiger partial charge is 0.633 e. The minimum Gasteiger partial charge on any atom is -0.633 e. The van der Waals surface area contributed by atoms with Gasteiger partial charge < -0.3 is 73.0 Å². The molecule has 0 atom stereocenters. The van der Waals surface area contributed by atoms with Crippen LogP contribution in [0, 0.1) is 5.21 Å². The quantitative estimate of drug-likeness (QED) is 0.0296. The van der Waals surface area contributed by atoms with E-state index in [0.29, 0.717) is 171 Å². The minimum absolute atomic E-state index is 0.0146. The highest BCUT2D eigenvalue weighted by Gasteiger charge is 2.18. The van der Waals surface area contributed by atoms with Gasteiger partial charge in [-0.2, -0.15) is 0 Å². The lowest BCUT2D eigenvalue weighted by atomic mass is 10.0. The predicted octanol–water partition coefficient (Wildman–Crippen LogP) is 11.6. The van der Waals surface area contributed by atoms with Gasteiger partial charge in [-0.05, 0) is 12.8 Å². The predicted molar refractivity (Wildman–Crippen MR) is 323 cm³/mol. The summed E-state index contributed by atoms with van der Waals surface area (Å²) in [5, 5.41) is 28.7. The van der Waals surface area contributed by atoms with Crippen molar-refractivity contribution in [2.45, 2.75) is 226 Å². The number of nitrogens with zero attached hydrogens (tertiary/aromatic N) is 1. The number of aliphatic hydroxyl groups is 1. The molecule has 17 heteroatoms. The summed E-state index contributed by atoms with van der Waals surface area (Å²) in [6.45, 7) is 15.3. The van der Waals surface area contributed by atoms with Gasteiger partial charge in [0.25, 0.3) is 0 Å². The fourth-order valence-corrected chi connectivity index (χ4v) is 9.22. The van der Waals surface area contributed by atoms with Crippen molar-refractivity contribution in [2.75, 3.05) is 171 Å². The van der Waals surface area contributed by atoms with E-state index in [2.05, 4.69) is 24.5 Å². The Morgan fingerprint density at radius 1 is 0.300 bits per heavy atom. The molecule has 0 rings (SSSR count). The lowest BCUT2D eigenvalue weighted by molar-refractivity contribution is -0.878. The van der Waals surface area contributed by atoms with Crippen LogP contribution in [0.1, 0.15) is 226 Å². The molecule has 2 amide bonds. The van der Waals surface area contributed by atoms with Crippen LogP contribution in [0.2, 0.25) is 0 Å². The van der Waals surface area contributed by atoms with Crippen LogP contribution in [0.25, 0.3) is 0 Å². The molecular formula is C63H127N3O14. The van der Waals surface area contributed by atoms with Crippen molar-refractivity contribution in [3.63, 3.8) is 0 Å². The Bertz CT molecular complexity index is 1160. The Morgan fingerprint density at radius 2 is 0.512 bits per heavy atom. The molecule has 0 aromatic carbocycles. The number of hydrogen-bond acceptors (Lipinski definition) is 14. The van der Waals surface area contributed by atoms with E-state index in [1.807, 2.05) is 0 Å². The molecule has 0 bridgehead atoms. The van der Waals surface area contributed by atoms with Gasteiger partial charge >= 0.3 is 0 Å². The van der Waals surface area contributed by atoms with Gasteiger partial charge in [-0.25, -0.2) is 0 Å². The van der Waals surface area contributed by atoms with Gasteiger partial charge in [-0.15, -0.1) is 0 Å². The summed E-state index contributed by atoms with van der Waals surface area (Å²) in [7, 11) is 0. The molecule has 0 aliphatic heterocycles. The van der Waals surface area contributed by atoms with Gasteiger partial charge in [-0.1, -0.05) is 194 Å². The Kier molecular flexibility index (Phi) is 66.9. The molecular weight excluding hydrogens is 1020 g/mol. The van der Waals surface area contributed by atoms with Crippen molar-refractivity contribution in [1.82, 2.24) is 10.6 Å². The highest BCUT2D eigenvalue weighted by atomic mass is 16.6. The number of hydroxylamine groups is 3. The maximum absolute atomic E-state index is 14.1. The molecule has 0 unspecified atom stereocenters. The second kappa shape index (κ2) is 68.2. The number of amides is 2. The third-order valence-electron chi connectivity index (χ3n) is 14.1. The van der Waals surface area contributed by atoms with E-state index >= 15 is 0 Å². The molecule has 0 radical (unpaired) electrons. The Balaban J connectivity index is 4.14. The fourth-order valence-electron chi connectivity index (χ4n) is 9.22. The van der Waals surface area contributed by atoms with Gasteiger partial charge in [0.2, 0.25) is 11.8 Å². The molecule has 0 aromatic rings. The molecule has 478 valence electrons. The lowest BCUT2D eigenvalue weighted by Gasteiger charge is -2.43. The Labute approximate surface area is 489 Å². The molecule has 0 aliphatic rings. The zero-order chi connectivity index (χ0) is 57.9. The van der Waals surface area contributed by atoms with Crippen LogP contribution >= 0.6 is 0 Å². The van der Waals surface area contributed by atoms with Crippen molar-refractivity contribution in [3.8, 4) is 0 Å². The van der Waals surface area contributed by atoms with Crippen LogP contribution in [-0.4, -0.2) is 193 Å². The first-order valence-corrected chi connectivity index (χ1v) is 33.0. The monoisotopic (exact) mass is 1150 g/mol. The zero-order valence-corrected chi connectivity index (χ0v) is 51.9. The molecule has 80 heavy (non-hydrogen) atoms. The second-order valence-electron chi connectivity index (χ2n) is 21.5. The molecule has 0 heterocycles. The molecule has 3 N–H and O–H groups in total. The maximum atomic E-state index is 14.1. The first kappa shape index (κ1) is 78.4. The highest BCUT2D eigenvalue weighted by Crippen LogP contribution is 2.16. The Hall–Kier alpha value is -1.58. The molecule has 0 saturated heterocycles. The smallest absolute Gasteiger partial charge is 0.220 e. The van der Waals surface area contributed by atoms with Crippen LogP contribution in [0.3, 0.4) is 0 Å². The van der Waals surface area contributed by atoms with Crippen LogP contribution in [0.4, 0.5) is 0 Å². The normalized spacial score (nSPS) is 11.8. The summed E-state index contributed by atoms with van der Waals surface area (Å²) in [6.07, 6.45) is 40.3. The van der Waals surface area contributed by atoms with Crippen LogP contribution in [-0.2, 0) is 57.0 Å². The standard InChI is InChI=1S/C63H127N3O14/c1-3-5-7-9-11-13-15-17-19-21-23-25-27-29-31-34-62(68)64-36-39-66(70,40-37-65-63(69)35-32-30-28-26-24-22-20-18-16-14-12-10-8-6-4-2)38-33-42-71-44-46-73-48-50-75-52-54-77-56-58-79-60-61-80-59-57-78-55-53-76-51-49-74-47-45-72-43-41-67/h67H,3-61H2,1-2H3,(H,64,68)(H,65,69). The number of carbonyl (C=O) groups excluding carboxylic acids is 2. The highest BCUT2D eigenvalue weighted by molar-refractivity contribution is 5.76. The summed E-state index contributed by atoms with van der Waals surface area (Å²) >= 11 is 0. The number of carbonyl (C=O) groups is 2. The lowest BCUT2D eigenvalue weighted by Crippen LogP contribution is -2.51. The number of nitrogens with one attached hydrogen (secondary N) is 2. The minimum atomic E-state index is -0.486. The van der Waals surface area contributed by atoms with E-state index in [0.717, 1.165) is 25.7 Å². The molecule has 0 aromatic heterocycles. The van der Waals surface area contributed by atoms with Crippen molar-refractivity contribution in [1.29, 1.82) is 0 Å². The van der Waals surface area contributed by atoms with Gasteiger partial charge in [-0.3, -0.25) is 9.59 Å². The van der Waals surface area contributed by atoms with Crippen LogP contribution in [0.15, 0.2) is 0 Å². The SMILES string of the molecule is CCCCCCCCCCCCCCCCCC(=O)NCC[N+]([O-])(CCCOCCOCCOCCOCCOCCOCCOCCOCCOCCOCCO)CCNC(=O)CCCCCCCCCCCCCCCCC. The van der Waals surface area contributed by atoms with Gasteiger partial charge in [0, 0.05) is 19.3 Å². The summed E-state index contributed by atoms with van der Waals surface area (Å²) < 4.78 is 54.6. The number of hydrogen-bond donors (Lipinski definition) is 3. The van der Waals surface area contributed by atoms with Gasteiger partial charge in [0.15, 0.2) is 0 Å². The topological polar surface area (TPSA) is 194 Å². The van der Waals surface area contributed by atoms with E-state index in [4.69, 9.17) is 52.5 Å². The van der Waals surface area contributed by atoms with E-state index in [1.165, 1.54) is 167 Å². The first-order valence-electron chi connectivity index (χ1n) is 33.0. The average Bonchev–Trinajstić information content (AvgIpc) is 3.45. The van der Waals surface area contributed by atoms with Gasteiger partial charge in [0.1, 0.15) is 0 Å². The number of ether oxygens (including phenoxy) is 10. The van der Waals surface area contributed by atoms with E-state index in [9.17, 15) is 14.8 Å². The van der Waals surface area contributed by atoms with Gasteiger partial charge in [0.05, 0.1) is 171 Å². The average molecular weight is 1150 g/mol. The second-order valence-corrected chi connectivity index (χ2v) is 21.5. The van der Waals surface area contributed by atoms with Crippen molar-refractivity contribution in [3.05, 3.63) is 5.21 Å². The maximum Gasteiger partial charge on any atom is 0.220 e. The number of aliphatic hydroxyl groups excluding tert-OH is 1. The third kappa shape index (κ3) is 65.6. The van der Waals surface area contributed by atoms with Crippen molar-refractivity contribution in [2.24, 2.45) is 0 Å². The first-order chi connectivity index (χ1) is 39.5. The van der Waals surface area contributed by atoms with Crippen molar-refractivity contribution >= 4 is 11.8 Å². The van der Waals surface area contributed by atoms with Crippen LogP contribution < -0.4 is 10.6 Å². The third-order valence-corrected chi connectivity index (χ3v) is 14.1. The summed E-state index contributed by atoms with van der Waals surface area (Å²) in [5.41, 5.74) is 0. The zero-order valence-electron chi connectivity index (χ0n) is 51.9. The van der Waals surface area contributed by atoms with Crippen LogP contribution in [0.5, 0.6) is 0 Å². The van der Waals surface area contributed by atoms with E-state index < -0.39 is 4.65 Å². The number of quaternary nitrogens is 1. The summed E-state index contributed by atoms with van der Waals surface area (Å²) in [5.74, 6) is 0.0292. The van der Waals surface area contributed by atoms with E-state index in [-0.39, 0.29) is 31.5 Å². The molecule has 17 nitrogen and oxygen atoms in total.